The summed E-state index contributed by atoms with van der Waals surface area (Å²) >= 11 is 0. The van der Waals surface area contributed by atoms with Crippen LogP contribution in [-0.2, 0) is 21.3 Å². The van der Waals surface area contributed by atoms with Crippen LogP contribution in [0.1, 0.15) is 30.9 Å². The van der Waals surface area contributed by atoms with E-state index in [-0.39, 0.29) is 17.6 Å². The minimum absolute atomic E-state index is 0.150. The molecule has 1 aliphatic heterocycles. The van der Waals surface area contributed by atoms with Gasteiger partial charge in [0.15, 0.2) is 0 Å². The first-order chi connectivity index (χ1) is 9.27. The average Bonchev–Trinajstić information content (AvgIpc) is 2.45. The van der Waals surface area contributed by atoms with Gasteiger partial charge in [-0.15, -0.1) is 0 Å². The molecule has 0 spiro atoms. The highest BCUT2D eigenvalue weighted by Gasteiger charge is 2.46. The quantitative estimate of drug-likeness (QED) is 0.664. The summed E-state index contributed by atoms with van der Waals surface area (Å²) in [7, 11) is 0. The van der Waals surface area contributed by atoms with E-state index in [9.17, 15) is 0 Å². The van der Waals surface area contributed by atoms with Crippen LogP contribution in [0.15, 0.2) is 35.9 Å². The first-order valence-corrected chi connectivity index (χ1v) is 7.28. The molecule has 0 N–H and O–H groups in total. The van der Waals surface area contributed by atoms with E-state index in [4.69, 9.17) is 9.47 Å². The van der Waals surface area contributed by atoms with Gasteiger partial charge in [-0.2, -0.15) is 0 Å². The highest BCUT2D eigenvalue weighted by molar-refractivity contribution is 5.47. The lowest BCUT2D eigenvalue weighted by Crippen LogP contribution is -2.49. The monoisotopic (exact) mass is 256 g/mol. The van der Waals surface area contributed by atoms with Crippen molar-refractivity contribution in [2.75, 3.05) is 13.2 Å². The van der Waals surface area contributed by atoms with Crippen LogP contribution in [0.5, 0.6) is 0 Å². The fraction of sp³-hybridized carbons (Fsp3) is 0.529. The Labute approximate surface area is 114 Å². The van der Waals surface area contributed by atoms with Gasteiger partial charge in [-0.1, -0.05) is 42.8 Å². The second kappa shape index (κ2) is 4.19. The van der Waals surface area contributed by atoms with Crippen molar-refractivity contribution in [3.63, 3.8) is 0 Å². The first kappa shape index (κ1) is 11.7. The predicted octanol–water partition coefficient (Wildman–Crippen LogP) is 3.00. The van der Waals surface area contributed by atoms with Crippen molar-refractivity contribution in [1.82, 2.24) is 0 Å². The molecule has 0 radical (unpaired) electrons. The Bertz CT molecular complexity index is 534. The highest BCUT2D eigenvalue weighted by atomic mass is 16.6. The molecule has 1 saturated carbocycles. The number of benzene rings is 1. The second-order valence-corrected chi connectivity index (χ2v) is 6.15. The van der Waals surface area contributed by atoms with Crippen LogP contribution >= 0.6 is 0 Å². The lowest BCUT2D eigenvalue weighted by atomic mass is 9.62. The topological polar surface area (TPSA) is 18.5 Å². The van der Waals surface area contributed by atoms with Crippen LogP contribution in [0.3, 0.4) is 0 Å². The van der Waals surface area contributed by atoms with Gasteiger partial charge >= 0.3 is 0 Å². The molecule has 2 fully saturated rings. The normalized spacial score (nSPS) is 36.8. The van der Waals surface area contributed by atoms with Gasteiger partial charge in [-0.05, 0) is 30.4 Å². The van der Waals surface area contributed by atoms with Gasteiger partial charge in [0, 0.05) is 5.41 Å². The maximum absolute atomic E-state index is 5.96. The summed E-state index contributed by atoms with van der Waals surface area (Å²) in [6, 6.07) is 8.87. The number of rotatable bonds is 0. The molecule has 100 valence electrons. The van der Waals surface area contributed by atoms with Crippen LogP contribution in [0, 0.1) is 0 Å². The van der Waals surface area contributed by atoms with Gasteiger partial charge in [0.1, 0.15) is 0 Å². The van der Waals surface area contributed by atoms with E-state index in [1.807, 2.05) is 0 Å². The molecule has 19 heavy (non-hydrogen) atoms. The molecule has 1 heterocycles. The molecule has 3 aliphatic rings. The summed E-state index contributed by atoms with van der Waals surface area (Å²) < 4.78 is 11.9. The van der Waals surface area contributed by atoms with Crippen LogP contribution < -0.4 is 0 Å². The number of ether oxygens (including phenoxy) is 2. The molecule has 0 bridgehead atoms. The Kier molecular flexibility index (Phi) is 2.58. The molecular formula is C17H20O2. The fourth-order valence-electron chi connectivity index (χ4n) is 4.03. The summed E-state index contributed by atoms with van der Waals surface area (Å²) in [6.45, 7) is 3.88. The first-order valence-electron chi connectivity index (χ1n) is 7.28. The van der Waals surface area contributed by atoms with E-state index in [2.05, 4.69) is 37.3 Å². The Hall–Kier alpha value is -1.12. The molecule has 3 atom stereocenters. The molecule has 0 amide bonds. The predicted molar refractivity (Wildman–Crippen MR) is 74.3 cm³/mol. The number of hydrogen-bond acceptors (Lipinski definition) is 2. The van der Waals surface area contributed by atoms with E-state index in [0.29, 0.717) is 0 Å². The van der Waals surface area contributed by atoms with Crippen molar-refractivity contribution < 1.29 is 9.47 Å². The zero-order valence-electron chi connectivity index (χ0n) is 11.4. The van der Waals surface area contributed by atoms with Crippen molar-refractivity contribution in [2.24, 2.45) is 0 Å². The molecule has 1 aromatic rings. The van der Waals surface area contributed by atoms with Gasteiger partial charge < -0.3 is 9.47 Å². The molecule has 1 saturated heterocycles. The van der Waals surface area contributed by atoms with Crippen LogP contribution in [0.4, 0.5) is 0 Å². The van der Waals surface area contributed by atoms with E-state index >= 15 is 0 Å². The molecule has 2 heteroatoms. The van der Waals surface area contributed by atoms with Gasteiger partial charge in [-0.25, -0.2) is 0 Å². The fourth-order valence-corrected chi connectivity index (χ4v) is 4.03. The maximum atomic E-state index is 5.96. The zero-order valence-corrected chi connectivity index (χ0v) is 11.4. The third-order valence-corrected chi connectivity index (χ3v) is 5.08. The molecule has 1 aromatic carbocycles. The number of fused-ring (bicyclic) bond motifs is 4. The second-order valence-electron chi connectivity index (χ2n) is 6.15. The SMILES string of the molecule is CC12CC3OCCOC3CC1=CCc1ccccc12. The standard InChI is InChI=1S/C17H20O2/c1-17-11-16-15(18-8-9-19-16)10-13(17)7-6-12-4-2-3-5-14(12)17/h2-5,7,15-16H,6,8-11H2,1H3. The summed E-state index contributed by atoms with van der Waals surface area (Å²) in [4.78, 5) is 0. The van der Waals surface area contributed by atoms with E-state index < -0.39 is 0 Å². The Morgan fingerprint density at radius 1 is 1.11 bits per heavy atom. The average molecular weight is 256 g/mol. The van der Waals surface area contributed by atoms with Crippen LogP contribution in [0.25, 0.3) is 0 Å². The summed E-state index contributed by atoms with van der Waals surface area (Å²) in [5.41, 5.74) is 4.68. The smallest absolute Gasteiger partial charge is 0.0875 e. The van der Waals surface area contributed by atoms with Crippen LogP contribution in [0.2, 0.25) is 0 Å². The lowest BCUT2D eigenvalue weighted by molar-refractivity contribution is -0.154. The van der Waals surface area contributed by atoms with E-state index in [1.165, 1.54) is 11.1 Å². The Morgan fingerprint density at radius 3 is 2.79 bits per heavy atom. The molecular weight excluding hydrogens is 236 g/mol. The van der Waals surface area contributed by atoms with Crippen molar-refractivity contribution >= 4 is 0 Å². The largest absolute Gasteiger partial charge is 0.373 e. The van der Waals surface area contributed by atoms with Gasteiger partial charge in [0.25, 0.3) is 0 Å². The Morgan fingerprint density at radius 2 is 1.89 bits per heavy atom. The van der Waals surface area contributed by atoms with Gasteiger partial charge in [-0.3, -0.25) is 0 Å². The number of hydrogen-bond donors (Lipinski definition) is 0. The minimum atomic E-state index is 0.150. The lowest BCUT2D eigenvalue weighted by Gasteiger charge is -2.48. The zero-order chi connectivity index (χ0) is 12.9. The highest BCUT2D eigenvalue weighted by Crippen LogP contribution is 2.48. The summed E-state index contributed by atoms with van der Waals surface area (Å²) in [6.07, 6.45) is 6.13. The van der Waals surface area contributed by atoms with Gasteiger partial charge in [0.05, 0.1) is 25.4 Å². The molecule has 3 unspecified atom stereocenters. The number of allylic oxidation sites excluding steroid dienone is 1. The van der Waals surface area contributed by atoms with Crippen molar-refractivity contribution in [3.05, 3.63) is 47.0 Å². The van der Waals surface area contributed by atoms with E-state index in [1.54, 1.807) is 5.57 Å². The van der Waals surface area contributed by atoms with E-state index in [0.717, 1.165) is 32.5 Å². The third kappa shape index (κ3) is 1.70. The third-order valence-electron chi connectivity index (χ3n) is 5.08. The molecule has 2 nitrogen and oxygen atoms in total. The Balaban J connectivity index is 1.76. The summed E-state index contributed by atoms with van der Waals surface area (Å²) in [5, 5.41) is 0. The van der Waals surface area contributed by atoms with Crippen molar-refractivity contribution in [3.8, 4) is 0 Å². The minimum Gasteiger partial charge on any atom is -0.373 e. The molecule has 0 aromatic heterocycles. The summed E-state index contributed by atoms with van der Waals surface area (Å²) in [5.74, 6) is 0. The van der Waals surface area contributed by atoms with Crippen LogP contribution in [-0.4, -0.2) is 25.4 Å². The van der Waals surface area contributed by atoms with Gasteiger partial charge in [0.2, 0.25) is 0 Å². The van der Waals surface area contributed by atoms with Crippen molar-refractivity contribution in [2.45, 2.75) is 43.8 Å². The van der Waals surface area contributed by atoms with Crippen molar-refractivity contribution in [1.29, 1.82) is 0 Å². The molecule has 4 rings (SSSR count). The molecule has 2 aliphatic carbocycles. The maximum Gasteiger partial charge on any atom is 0.0875 e.